The van der Waals surface area contributed by atoms with Gasteiger partial charge in [0.15, 0.2) is 0 Å². The fourth-order valence-electron chi connectivity index (χ4n) is 5.06. The summed E-state index contributed by atoms with van der Waals surface area (Å²) in [7, 11) is 3.09. The number of rotatable bonds is 7. The number of para-hydroxylation sites is 1. The molecule has 1 N–H and O–H groups in total. The molecule has 2 aromatic rings. The number of piperidine rings is 1. The number of hydrogen-bond donors (Lipinski definition) is 1. The van der Waals surface area contributed by atoms with Crippen molar-refractivity contribution in [2.24, 2.45) is 0 Å². The molecule has 0 atom stereocenters. The molecular formula is C27H34N4O5. The molecule has 2 aromatic carbocycles. The van der Waals surface area contributed by atoms with Gasteiger partial charge >= 0.3 is 0 Å². The average molecular weight is 495 g/mol. The Morgan fingerprint density at radius 2 is 1.61 bits per heavy atom. The minimum atomic E-state index is -0.803. The van der Waals surface area contributed by atoms with Gasteiger partial charge in [0.2, 0.25) is 5.91 Å². The Morgan fingerprint density at radius 1 is 1.00 bits per heavy atom. The summed E-state index contributed by atoms with van der Waals surface area (Å²) in [5.41, 5.74) is 0.601. The zero-order valence-corrected chi connectivity index (χ0v) is 21.3. The summed E-state index contributed by atoms with van der Waals surface area (Å²) < 4.78 is 10.6. The van der Waals surface area contributed by atoms with Crippen molar-refractivity contribution in [2.45, 2.75) is 38.3 Å². The highest BCUT2D eigenvalue weighted by atomic mass is 16.5. The lowest BCUT2D eigenvalue weighted by Gasteiger charge is -2.43. The van der Waals surface area contributed by atoms with Crippen molar-refractivity contribution >= 4 is 23.4 Å². The molecule has 36 heavy (non-hydrogen) atoms. The molecule has 2 aliphatic rings. The Hall–Kier alpha value is -3.75. The average Bonchev–Trinajstić information content (AvgIpc) is 3.14. The van der Waals surface area contributed by atoms with E-state index in [1.807, 2.05) is 44.2 Å². The number of nitrogens with zero attached hydrogens (tertiary/aromatic N) is 3. The summed E-state index contributed by atoms with van der Waals surface area (Å²) in [5.74, 6) is 0.709. The molecule has 0 unspecified atom stereocenters. The van der Waals surface area contributed by atoms with E-state index < -0.39 is 5.54 Å². The van der Waals surface area contributed by atoms with Crippen LogP contribution in [0.3, 0.4) is 0 Å². The molecule has 2 saturated heterocycles. The van der Waals surface area contributed by atoms with E-state index in [-0.39, 0.29) is 30.3 Å². The van der Waals surface area contributed by atoms with E-state index in [0.717, 1.165) is 5.69 Å². The second-order valence-corrected chi connectivity index (χ2v) is 9.56. The third kappa shape index (κ3) is 4.96. The molecule has 2 aliphatic heterocycles. The van der Waals surface area contributed by atoms with Gasteiger partial charge in [-0.05, 0) is 51.0 Å². The molecule has 0 aliphatic carbocycles. The third-order valence-electron chi connectivity index (χ3n) is 6.84. The Morgan fingerprint density at radius 3 is 2.17 bits per heavy atom. The topological polar surface area (TPSA) is 91.4 Å². The van der Waals surface area contributed by atoms with E-state index >= 15 is 0 Å². The molecule has 3 amide bonds. The summed E-state index contributed by atoms with van der Waals surface area (Å²) in [6.07, 6.45) is 0.936. The van der Waals surface area contributed by atoms with Crippen molar-refractivity contribution in [3.8, 4) is 11.5 Å². The van der Waals surface area contributed by atoms with Crippen LogP contribution >= 0.6 is 0 Å². The van der Waals surface area contributed by atoms with E-state index in [1.165, 1.54) is 0 Å². The van der Waals surface area contributed by atoms with Crippen LogP contribution in [0.25, 0.3) is 0 Å². The SMILES string of the molecule is COc1cc(OC)cc(C(=O)N2CCC3(CC2)C(=O)N(CC(=O)NC(C)C)CN3c2ccccc2)c1. The second-order valence-electron chi connectivity index (χ2n) is 9.56. The van der Waals surface area contributed by atoms with Crippen LogP contribution in [-0.4, -0.2) is 79.6 Å². The number of amides is 3. The van der Waals surface area contributed by atoms with Gasteiger partial charge < -0.3 is 29.5 Å². The standard InChI is InChI=1S/C27H34N4O5/c1-19(2)28-24(32)17-30-18-31(21-8-6-5-7-9-21)27(26(30)34)10-12-29(13-11-27)25(33)20-14-22(35-3)16-23(15-20)36-4/h5-9,14-16,19H,10-13,17-18H2,1-4H3,(H,28,32). The molecule has 1 spiro atoms. The van der Waals surface area contributed by atoms with E-state index in [9.17, 15) is 14.4 Å². The monoisotopic (exact) mass is 494 g/mol. The second kappa shape index (κ2) is 10.5. The van der Waals surface area contributed by atoms with E-state index in [0.29, 0.717) is 49.7 Å². The number of carbonyl (C=O) groups excluding carboxylic acids is 3. The van der Waals surface area contributed by atoms with Crippen molar-refractivity contribution in [3.05, 3.63) is 54.1 Å². The highest BCUT2D eigenvalue weighted by Gasteiger charge is 2.54. The predicted molar refractivity (Wildman–Crippen MR) is 136 cm³/mol. The van der Waals surface area contributed by atoms with Gasteiger partial charge in [-0.3, -0.25) is 14.4 Å². The maximum Gasteiger partial charge on any atom is 0.254 e. The maximum atomic E-state index is 13.8. The Balaban J connectivity index is 1.55. The summed E-state index contributed by atoms with van der Waals surface area (Å²) >= 11 is 0. The van der Waals surface area contributed by atoms with Crippen LogP contribution in [0, 0.1) is 0 Å². The van der Waals surface area contributed by atoms with Gasteiger partial charge in [-0.15, -0.1) is 0 Å². The van der Waals surface area contributed by atoms with Crippen molar-refractivity contribution < 1.29 is 23.9 Å². The number of benzene rings is 2. The van der Waals surface area contributed by atoms with E-state index in [4.69, 9.17) is 9.47 Å². The minimum Gasteiger partial charge on any atom is -0.497 e. The molecule has 192 valence electrons. The van der Waals surface area contributed by atoms with Crippen LogP contribution < -0.4 is 19.7 Å². The quantitative estimate of drug-likeness (QED) is 0.636. The van der Waals surface area contributed by atoms with Gasteiger partial charge in [-0.1, -0.05) is 18.2 Å². The molecular weight excluding hydrogens is 460 g/mol. The van der Waals surface area contributed by atoms with Crippen LogP contribution in [0.15, 0.2) is 48.5 Å². The predicted octanol–water partition coefficient (Wildman–Crippen LogP) is 2.51. The lowest BCUT2D eigenvalue weighted by atomic mass is 9.85. The lowest BCUT2D eigenvalue weighted by molar-refractivity contribution is -0.137. The summed E-state index contributed by atoms with van der Waals surface area (Å²) in [6.45, 7) is 4.96. The number of nitrogens with one attached hydrogen (secondary N) is 1. The first-order valence-electron chi connectivity index (χ1n) is 12.2. The first-order valence-corrected chi connectivity index (χ1v) is 12.2. The van der Waals surface area contributed by atoms with Crippen LogP contribution in [-0.2, 0) is 9.59 Å². The highest BCUT2D eigenvalue weighted by molar-refractivity contribution is 5.98. The van der Waals surface area contributed by atoms with Crippen molar-refractivity contribution in [1.82, 2.24) is 15.1 Å². The van der Waals surface area contributed by atoms with Crippen LogP contribution in [0.1, 0.15) is 37.0 Å². The highest BCUT2D eigenvalue weighted by Crippen LogP contribution is 2.39. The van der Waals surface area contributed by atoms with Gasteiger partial charge in [-0.25, -0.2) is 0 Å². The molecule has 9 heteroatoms. The maximum absolute atomic E-state index is 13.8. The number of hydrogen-bond acceptors (Lipinski definition) is 6. The van der Waals surface area contributed by atoms with Crippen LogP contribution in [0.4, 0.5) is 5.69 Å². The smallest absolute Gasteiger partial charge is 0.254 e. The first-order chi connectivity index (χ1) is 17.3. The first kappa shape index (κ1) is 25.3. The third-order valence-corrected chi connectivity index (χ3v) is 6.84. The van der Waals surface area contributed by atoms with Crippen LogP contribution in [0.5, 0.6) is 11.5 Å². The fourth-order valence-corrected chi connectivity index (χ4v) is 5.06. The molecule has 0 bridgehead atoms. The van der Waals surface area contributed by atoms with Gasteiger partial charge in [-0.2, -0.15) is 0 Å². The van der Waals surface area contributed by atoms with Crippen LogP contribution in [0.2, 0.25) is 0 Å². The van der Waals surface area contributed by atoms with Gasteiger partial charge in [0.1, 0.15) is 23.6 Å². The molecule has 2 fully saturated rings. The largest absolute Gasteiger partial charge is 0.497 e. The number of anilines is 1. The number of carbonyl (C=O) groups is 3. The zero-order valence-electron chi connectivity index (χ0n) is 21.3. The van der Waals surface area contributed by atoms with Crippen molar-refractivity contribution in [2.75, 3.05) is 45.4 Å². The van der Waals surface area contributed by atoms with Crippen molar-refractivity contribution in [1.29, 1.82) is 0 Å². The molecule has 0 aromatic heterocycles. The van der Waals surface area contributed by atoms with E-state index in [2.05, 4.69) is 10.2 Å². The molecule has 9 nitrogen and oxygen atoms in total. The summed E-state index contributed by atoms with van der Waals surface area (Å²) in [4.78, 5) is 45.1. The molecule has 4 rings (SSSR count). The van der Waals surface area contributed by atoms with Gasteiger partial charge in [0.05, 0.1) is 20.9 Å². The Labute approximate surface area is 211 Å². The fraction of sp³-hybridized carbons (Fsp3) is 0.444. The van der Waals surface area contributed by atoms with Gasteiger partial charge in [0, 0.05) is 36.4 Å². The number of ether oxygens (including phenoxy) is 2. The molecule has 0 saturated carbocycles. The minimum absolute atomic E-state index is 0.00104. The Bertz CT molecular complexity index is 1090. The molecule has 0 radical (unpaired) electrons. The lowest BCUT2D eigenvalue weighted by Crippen LogP contribution is -2.57. The molecule has 2 heterocycles. The number of likely N-dealkylation sites (tertiary alicyclic amines) is 1. The normalized spacial score (nSPS) is 17.0. The Kier molecular flexibility index (Phi) is 7.37. The number of methoxy groups -OCH3 is 2. The summed E-state index contributed by atoms with van der Waals surface area (Å²) in [6, 6.07) is 14.9. The summed E-state index contributed by atoms with van der Waals surface area (Å²) in [5, 5.41) is 2.87. The van der Waals surface area contributed by atoms with Gasteiger partial charge in [0.25, 0.3) is 11.8 Å². The van der Waals surface area contributed by atoms with Crippen molar-refractivity contribution in [3.63, 3.8) is 0 Å². The zero-order chi connectivity index (χ0) is 25.9. The van der Waals surface area contributed by atoms with E-state index in [1.54, 1.807) is 42.2 Å².